The van der Waals surface area contributed by atoms with Gasteiger partial charge in [-0.1, -0.05) is 30.3 Å². The van der Waals surface area contributed by atoms with Crippen molar-refractivity contribution in [2.75, 3.05) is 7.05 Å². The fourth-order valence-corrected chi connectivity index (χ4v) is 3.62. The molecule has 1 aromatic heterocycles. The van der Waals surface area contributed by atoms with Crippen molar-refractivity contribution in [3.63, 3.8) is 0 Å². The molecule has 164 valence electrons. The Balaban J connectivity index is 1.72. The number of hydrogen-bond acceptors (Lipinski definition) is 3. The molecule has 6 heteroatoms. The van der Waals surface area contributed by atoms with Crippen molar-refractivity contribution >= 4 is 23.0 Å². The van der Waals surface area contributed by atoms with Crippen molar-refractivity contribution in [1.29, 1.82) is 0 Å². The summed E-state index contributed by atoms with van der Waals surface area (Å²) < 4.78 is 7.57. The van der Waals surface area contributed by atoms with Gasteiger partial charge in [0.1, 0.15) is 5.60 Å². The molecule has 0 fully saturated rings. The average Bonchev–Trinajstić information content (AvgIpc) is 2.99. The molecule has 0 aliphatic heterocycles. The highest BCUT2D eigenvalue weighted by Gasteiger charge is 2.19. The summed E-state index contributed by atoms with van der Waals surface area (Å²) in [5, 5.41) is 10.3. The Kier molecular flexibility index (Phi) is 6.39. The van der Waals surface area contributed by atoms with E-state index < -0.39 is 11.6 Å². The van der Waals surface area contributed by atoms with E-state index in [2.05, 4.69) is 22.8 Å². The molecule has 1 heterocycles. The van der Waals surface area contributed by atoms with Crippen LogP contribution >= 0.6 is 0 Å². The van der Waals surface area contributed by atoms with Gasteiger partial charge < -0.3 is 19.3 Å². The Morgan fingerprint density at radius 2 is 1.77 bits per heavy atom. The highest BCUT2D eigenvalue weighted by atomic mass is 16.6. The Bertz CT molecular complexity index is 1110. The molecule has 3 aromatic rings. The van der Waals surface area contributed by atoms with Gasteiger partial charge in [-0.05, 0) is 68.8 Å². The second-order valence-corrected chi connectivity index (χ2v) is 8.92. The molecule has 0 radical (unpaired) electrons. The zero-order valence-corrected chi connectivity index (χ0v) is 18.8. The number of ether oxygens (including phenoxy) is 1. The molecule has 1 amide bonds. The number of aromatic carboxylic acids is 1. The molecular weight excluding hydrogens is 392 g/mol. The van der Waals surface area contributed by atoms with Crippen molar-refractivity contribution in [1.82, 2.24) is 9.47 Å². The topological polar surface area (TPSA) is 71.8 Å². The van der Waals surface area contributed by atoms with Crippen LogP contribution in [-0.2, 0) is 24.2 Å². The first-order valence-corrected chi connectivity index (χ1v) is 10.4. The number of carbonyl (C=O) groups is 2. The monoisotopic (exact) mass is 422 g/mol. The van der Waals surface area contributed by atoms with E-state index in [0.717, 1.165) is 40.7 Å². The number of benzene rings is 2. The first-order valence-electron chi connectivity index (χ1n) is 10.4. The summed E-state index contributed by atoms with van der Waals surface area (Å²) in [6.07, 6.45) is 0.452. The van der Waals surface area contributed by atoms with Gasteiger partial charge in [0.05, 0.1) is 5.56 Å². The molecule has 6 nitrogen and oxygen atoms in total. The smallest absolute Gasteiger partial charge is 0.410 e. The van der Waals surface area contributed by atoms with E-state index in [0.29, 0.717) is 12.1 Å². The lowest BCUT2D eigenvalue weighted by Gasteiger charge is -2.24. The summed E-state index contributed by atoms with van der Waals surface area (Å²) >= 11 is 0. The van der Waals surface area contributed by atoms with Gasteiger partial charge in [-0.15, -0.1) is 0 Å². The maximum absolute atomic E-state index is 12.2. The molecule has 1 N–H and O–H groups in total. The Morgan fingerprint density at radius 3 is 2.45 bits per heavy atom. The van der Waals surface area contributed by atoms with Crippen LogP contribution in [-0.4, -0.2) is 39.3 Å². The van der Waals surface area contributed by atoms with E-state index >= 15 is 0 Å². The number of hydrogen-bond donors (Lipinski definition) is 1. The molecule has 31 heavy (non-hydrogen) atoms. The minimum Gasteiger partial charge on any atom is -0.478 e. The summed E-state index contributed by atoms with van der Waals surface area (Å²) in [7, 11) is 1.73. The van der Waals surface area contributed by atoms with Crippen molar-refractivity contribution in [2.45, 2.75) is 52.8 Å². The standard InChI is InChI=1S/C25H30N2O4/c1-17-13-20-9-10-21(23(28)29)15-22(20)27(17)12-11-18-7-6-8-19(14-18)16-26(5)24(30)31-25(2,3)4/h6-10,13-15H,11-12,16H2,1-5H3,(H,28,29). The van der Waals surface area contributed by atoms with E-state index in [9.17, 15) is 14.7 Å². The van der Waals surface area contributed by atoms with E-state index in [1.54, 1.807) is 24.1 Å². The molecule has 3 rings (SSSR count). The van der Waals surface area contributed by atoms with Gasteiger partial charge >= 0.3 is 12.1 Å². The highest BCUT2D eigenvalue weighted by molar-refractivity contribution is 5.93. The number of aromatic nitrogens is 1. The van der Waals surface area contributed by atoms with Crippen LogP contribution in [0.1, 0.15) is 48.0 Å². The normalized spacial score (nSPS) is 11.5. The summed E-state index contributed by atoms with van der Waals surface area (Å²) in [6, 6.07) is 15.5. The lowest BCUT2D eigenvalue weighted by atomic mass is 10.1. The van der Waals surface area contributed by atoms with Crippen molar-refractivity contribution in [2.24, 2.45) is 0 Å². The molecule has 0 spiro atoms. The Labute approximate surface area is 183 Å². The number of fused-ring (bicyclic) bond motifs is 1. The maximum Gasteiger partial charge on any atom is 0.410 e. The maximum atomic E-state index is 12.2. The van der Waals surface area contributed by atoms with Crippen molar-refractivity contribution < 1.29 is 19.4 Å². The third-order valence-corrected chi connectivity index (χ3v) is 5.10. The minimum absolute atomic E-state index is 0.291. The van der Waals surface area contributed by atoms with E-state index in [4.69, 9.17) is 4.74 Å². The largest absolute Gasteiger partial charge is 0.478 e. The number of amides is 1. The van der Waals surface area contributed by atoms with Gasteiger partial charge in [0, 0.05) is 31.3 Å². The van der Waals surface area contributed by atoms with Crippen LogP contribution < -0.4 is 0 Å². The van der Waals surface area contributed by atoms with Crippen LogP contribution in [0.3, 0.4) is 0 Å². The number of carboxylic acid groups (broad SMARTS) is 1. The average molecular weight is 423 g/mol. The fourth-order valence-electron chi connectivity index (χ4n) is 3.62. The van der Waals surface area contributed by atoms with Crippen molar-refractivity contribution in [3.8, 4) is 0 Å². The third kappa shape index (κ3) is 5.66. The Morgan fingerprint density at radius 1 is 1.06 bits per heavy atom. The van der Waals surface area contributed by atoms with E-state index in [1.807, 2.05) is 45.9 Å². The van der Waals surface area contributed by atoms with Gasteiger partial charge in [-0.3, -0.25) is 0 Å². The number of carboxylic acids is 1. The lowest BCUT2D eigenvalue weighted by molar-refractivity contribution is 0.0285. The van der Waals surface area contributed by atoms with Crippen molar-refractivity contribution in [3.05, 3.63) is 70.9 Å². The molecule has 0 saturated heterocycles. The number of nitrogens with zero attached hydrogens (tertiary/aromatic N) is 2. The van der Waals surface area contributed by atoms with E-state index in [1.165, 1.54) is 0 Å². The zero-order valence-electron chi connectivity index (χ0n) is 18.8. The fraction of sp³-hybridized carbons (Fsp3) is 0.360. The molecule has 0 bridgehead atoms. The minimum atomic E-state index is -0.922. The number of aryl methyl sites for hydroxylation is 3. The first kappa shape index (κ1) is 22.4. The lowest BCUT2D eigenvalue weighted by Crippen LogP contribution is -2.33. The van der Waals surface area contributed by atoms with Crippen LogP contribution in [0.15, 0.2) is 48.5 Å². The Hall–Kier alpha value is -3.28. The van der Waals surface area contributed by atoms with Gasteiger partial charge in [-0.2, -0.15) is 0 Å². The molecular formula is C25H30N2O4. The predicted octanol–water partition coefficient (Wildman–Crippen LogP) is 5.26. The van der Waals surface area contributed by atoms with Crippen LogP contribution in [0.2, 0.25) is 0 Å². The third-order valence-electron chi connectivity index (χ3n) is 5.10. The second kappa shape index (κ2) is 8.84. The summed E-state index contributed by atoms with van der Waals surface area (Å²) in [4.78, 5) is 25.1. The number of rotatable bonds is 6. The molecule has 0 saturated carbocycles. The predicted molar refractivity (Wildman–Crippen MR) is 121 cm³/mol. The molecule has 0 aliphatic rings. The SMILES string of the molecule is Cc1cc2ccc(C(=O)O)cc2n1CCc1cccc(CN(C)C(=O)OC(C)(C)C)c1. The van der Waals surface area contributed by atoms with Crippen LogP contribution in [0.5, 0.6) is 0 Å². The summed E-state index contributed by atoms with van der Waals surface area (Å²) in [5.74, 6) is -0.922. The van der Waals surface area contributed by atoms with Gasteiger partial charge in [-0.25, -0.2) is 9.59 Å². The first-order chi connectivity index (χ1) is 14.5. The second-order valence-electron chi connectivity index (χ2n) is 8.92. The van der Waals surface area contributed by atoms with Crippen LogP contribution in [0.4, 0.5) is 4.79 Å². The zero-order chi connectivity index (χ0) is 22.8. The molecule has 0 aliphatic carbocycles. The number of carbonyl (C=O) groups excluding carboxylic acids is 1. The molecule has 2 aromatic carbocycles. The van der Waals surface area contributed by atoms with Crippen LogP contribution in [0, 0.1) is 6.92 Å². The van der Waals surface area contributed by atoms with Gasteiger partial charge in [0.25, 0.3) is 0 Å². The molecule has 0 unspecified atom stereocenters. The molecule has 0 atom stereocenters. The van der Waals surface area contributed by atoms with E-state index in [-0.39, 0.29) is 6.09 Å². The van der Waals surface area contributed by atoms with Crippen LogP contribution in [0.25, 0.3) is 10.9 Å². The van der Waals surface area contributed by atoms with Gasteiger partial charge in [0.2, 0.25) is 0 Å². The highest BCUT2D eigenvalue weighted by Crippen LogP contribution is 2.22. The quantitative estimate of drug-likeness (QED) is 0.588. The van der Waals surface area contributed by atoms with Gasteiger partial charge in [0.15, 0.2) is 0 Å². The summed E-state index contributed by atoms with van der Waals surface area (Å²) in [6.45, 7) is 8.80. The summed E-state index contributed by atoms with van der Waals surface area (Å²) in [5.41, 5.74) is 3.99.